The average molecular weight is 464 g/mol. The molecule has 0 spiro atoms. The van der Waals surface area contributed by atoms with E-state index in [2.05, 4.69) is 10.2 Å². The quantitative estimate of drug-likeness (QED) is 0.536. The largest absolute Gasteiger partial charge is 0.366 e. The van der Waals surface area contributed by atoms with Crippen molar-refractivity contribution >= 4 is 40.9 Å². The van der Waals surface area contributed by atoms with Gasteiger partial charge in [-0.15, -0.1) is 0 Å². The molecule has 0 aliphatic carbocycles. The summed E-state index contributed by atoms with van der Waals surface area (Å²) in [6, 6.07) is 20.9. The van der Waals surface area contributed by atoms with Crippen LogP contribution in [0.15, 0.2) is 78.9 Å². The van der Waals surface area contributed by atoms with E-state index in [-0.39, 0.29) is 17.4 Å². The number of amides is 2. The predicted molar refractivity (Wildman–Crippen MR) is 130 cm³/mol. The zero-order valence-corrected chi connectivity index (χ0v) is 18.6. The molecule has 3 aromatic rings. The van der Waals surface area contributed by atoms with E-state index in [4.69, 9.17) is 11.6 Å². The molecule has 7 heteroatoms. The standard InChI is InChI=1S/C26H23ClFN3O2/c27-20-11-12-24(23(18-20)29-25(32)13-10-19-6-2-1-3-7-19)30-14-16-31(17-15-30)26(33)21-8-4-5-9-22(21)28/h1-13,18H,14-17H2,(H,29,32)/b13-10+. The van der Waals surface area contributed by atoms with Gasteiger partial charge in [-0.05, 0) is 42.0 Å². The SMILES string of the molecule is O=C(/C=C/c1ccccc1)Nc1cc(Cl)ccc1N1CCN(C(=O)c2ccccc2F)CC1. The van der Waals surface area contributed by atoms with Gasteiger partial charge >= 0.3 is 0 Å². The van der Waals surface area contributed by atoms with Crippen LogP contribution in [0.3, 0.4) is 0 Å². The first kappa shape index (κ1) is 22.6. The highest BCUT2D eigenvalue weighted by Crippen LogP contribution is 2.30. The molecule has 3 aromatic carbocycles. The van der Waals surface area contributed by atoms with E-state index < -0.39 is 5.82 Å². The summed E-state index contributed by atoms with van der Waals surface area (Å²) < 4.78 is 14.0. The van der Waals surface area contributed by atoms with Gasteiger partial charge in [-0.1, -0.05) is 54.1 Å². The Morgan fingerprint density at radius 3 is 2.33 bits per heavy atom. The highest BCUT2D eigenvalue weighted by Gasteiger charge is 2.25. The molecule has 33 heavy (non-hydrogen) atoms. The van der Waals surface area contributed by atoms with Crippen molar-refractivity contribution in [1.29, 1.82) is 0 Å². The van der Waals surface area contributed by atoms with Gasteiger partial charge in [0.2, 0.25) is 5.91 Å². The Bertz CT molecular complexity index is 1180. The molecule has 0 radical (unpaired) electrons. The lowest BCUT2D eigenvalue weighted by Gasteiger charge is -2.37. The van der Waals surface area contributed by atoms with Gasteiger partial charge in [-0.2, -0.15) is 0 Å². The van der Waals surface area contributed by atoms with Crippen molar-refractivity contribution in [3.8, 4) is 0 Å². The summed E-state index contributed by atoms with van der Waals surface area (Å²) >= 11 is 6.18. The summed E-state index contributed by atoms with van der Waals surface area (Å²) in [5, 5.41) is 3.41. The summed E-state index contributed by atoms with van der Waals surface area (Å²) in [6.45, 7) is 1.98. The summed E-state index contributed by atoms with van der Waals surface area (Å²) in [7, 11) is 0. The summed E-state index contributed by atoms with van der Waals surface area (Å²) in [5.74, 6) is -1.10. The van der Waals surface area contributed by atoms with Gasteiger partial charge < -0.3 is 15.1 Å². The number of piperazine rings is 1. The Morgan fingerprint density at radius 2 is 1.61 bits per heavy atom. The Balaban J connectivity index is 1.43. The maximum atomic E-state index is 14.0. The Labute approximate surface area is 197 Å². The molecule has 0 aromatic heterocycles. The fourth-order valence-corrected chi connectivity index (χ4v) is 3.92. The van der Waals surface area contributed by atoms with Gasteiger partial charge in [0.25, 0.3) is 5.91 Å². The van der Waals surface area contributed by atoms with Crippen LogP contribution in [0.5, 0.6) is 0 Å². The van der Waals surface area contributed by atoms with E-state index >= 15 is 0 Å². The molecule has 4 rings (SSSR count). The molecule has 1 fully saturated rings. The lowest BCUT2D eigenvalue weighted by molar-refractivity contribution is -0.111. The molecule has 0 unspecified atom stereocenters. The fourth-order valence-electron chi connectivity index (χ4n) is 3.75. The van der Waals surface area contributed by atoms with Crippen LogP contribution in [-0.4, -0.2) is 42.9 Å². The molecule has 0 saturated carbocycles. The van der Waals surface area contributed by atoms with E-state index in [1.807, 2.05) is 36.4 Å². The number of hydrogen-bond donors (Lipinski definition) is 1. The minimum atomic E-state index is -0.517. The molecule has 1 aliphatic rings. The van der Waals surface area contributed by atoms with Crippen LogP contribution in [0.1, 0.15) is 15.9 Å². The number of benzene rings is 3. The number of carbonyl (C=O) groups is 2. The maximum absolute atomic E-state index is 14.0. The van der Waals surface area contributed by atoms with Crippen LogP contribution < -0.4 is 10.2 Å². The van der Waals surface area contributed by atoms with Crippen molar-refractivity contribution in [2.75, 3.05) is 36.4 Å². The molecule has 2 amide bonds. The van der Waals surface area contributed by atoms with E-state index in [1.165, 1.54) is 18.2 Å². The Kier molecular flexibility index (Phi) is 7.05. The molecule has 1 saturated heterocycles. The number of anilines is 2. The molecule has 0 atom stereocenters. The number of rotatable bonds is 5. The highest BCUT2D eigenvalue weighted by atomic mass is 35.5. The van der Waals surface area contributed by atoms with Gasteiger partial charge in [-0.25, -0.2) is 4.39 Å². The molecule has 5 nitrogen and oxygen atoms in total. The summed E-state index contributed by atoms with van der Waals surface area (Å²) in [5.41, 5.74) is 2.42. The third-order valence-electron chi connectivity index (χ3n) is 5.46. The van der Waals surface area contributed by atoms with Crippen molar-refractivity contribution < 1.29 is 14.0 Å². The maximum Gasteiger partial charge on any atom is 0.256 e. The third kappa shape index (κ3) is 5.59. The molecule has 0 bridgehead atoms. The monoisotopic (exact) mass is 463 g/mol. The van der Waals surface area contributed by atoms with Gasteiger partial charge in [0, 0.05) is 37.3 Å². The van der Waals surface area contributed by atoms with E-state index in [0.29, 0.717) is 36.9 Å². The van der Waals surface area contributed by atoms with E-state index in [0.717, 1.165) is 11.3 Å². The lowest BCUT2D eigenvalue weighted by atomic mass is 10.1. The van der Waals surface area contributed by atoms with Crippen LogP contribution in [0, 0.1) is 5.82 Å². The molecular formula is C26H23ClFN3O2. The second kappa shape index (κ2) is 10.3. The second-order valence-corrected chi connectivity index (χ2v) is 8.09. The zero-order chi connectivity index (χ0) is 23.2. The molecule has 1 N–H and O–H groups in total. The number of hydrogen-bond acceptors (Lipinski definition) is 3. The highest BCUT2D eigenvalue weighted by molar-refractivity contribution is 6.31. The molecule has 168 valence electrons. The van der Waals surface area contributed by atoms with Gasteiger partial charge in [0.15, 0.2) is 0 Å². The van der Waals surface area contributed by atoms with Crippen LogP contribution in [0.25, 0.3) is 6.08 Å². The minimum Gasteiger partial charge on any atom is -0.366 e. The average Bonchev–Trinajstić information content (AvgIpc) is 2.84. The van der Waals surface area contributed by atoms with Crippen LogP contribution >= 0.6 is 11.6 Å². The Morgan fingerprint density at radius 1 is 0.909 bits per heavy atom. The number of carbonyl (C=O) groups excluding carboxylic acids is 2. The fraction of sp³-hybridized carbons (Fsp3) is 0.154. The first-order valence-electron chi connectivity index (χ1n) is 10.6. The second-order valence-electron chi connectivity index (χ2n) is 7.65. The van der Waals surface area contributed by atoms with Gasteiger partial charge in [0.05, 0.1) is 16.9 Å². The van der Waals surface area contributed by atoms with Crippen molar-refractivity contribution in [2.45, 2.75) is 0 Å². The molecule has 1 heterocycles. The summed E-state index contributed by atoms with van der Waals surface area (Å²) in [4.78, 5) is 28.9. The zero-order valence-electron chi connectivity index (χ0n) is 17.9. The van der Waals surface area contributed by atoms with Crippen molar-refractivity contribution in [3.05, 3.63) is 101 Å². The number of halogens is 2. The van der Waals surface area contributed by atoms with E-state index in [1.54, 1.807) is 35.2 Å². The first-order chi connectivity index (χ1) is 16.0. The lowest BCUT2D eigenvalue weighted by Crippen LogP contribution is -2.49. The van der Waals surface area contributed by atoms with Gasteiger partial charge in [-0.3, -0.25) is 9.59 Å². The number of nitrogens with zero attached hydrogens (tertiary/aromatic N) is 2. The van der Waals surface area contributed by atoms with Crippen LogP contribution in [-0.2, 0) is 4.79 Å². The summed E-state index contributed by atoms with van der Waals surface area (Å²) in [6.07, 6.45) is 3.22. The molecular weight excluding hydrogens is 441 g/mol. The molecule has 1 aliphatic heterocycles. The van der Waals surface area contributed by atoms with Crippen molar-refractivity contribution in [1.82, 2.24) is 4.90 Å². The third-order valence-corrected chi connectivity index (χ3v) is 5.69. The number of nitrogens with one attached hydrogen (secondary N) is 1. The smallest absolute Gasteiger partial charge is 0.256 e. The Hall–Kier alpha value is -3.64. The topological polar surface area (TPSA) is 52.7 Å². The predicted octanol–water partition coefficient (Wildman–Crippen LogP) is 5.09. The van der Waals surface area contributed by atoms with Crippen LogP contribution in [0.4, 0.5) is 15.8 Å². The first-order valence-corrected chi connectivity index (χ1v) is 11.0. The van der Waals surface area contributed by atoms with Gasteiger partial charge in [0.1, 0.15) is 5.82 Å². The minimum absolute atomic E-state index is 0.0793. The van der Waals surface area contributed by atoms with Crippen LogP contribution in [0.2, 0.25) is 5.02 Å². The van der Waals surface area contributed by atoms with Crippen molar-refractivity contribution in [2.24, 2.45) is 0 Å². The van der Waals surface area contributed by atoms with Crippen molar-refractivity contribution in [3.63, 3.8) is 0 Å². The normalized spacial score (nSPS) is 13.9. The van der Waals surface area contributed by atoms with E-state index in [9.17, 15) is 14.0 Å².